The molecule has 2 rings (SSSR count). The SMILES string of the molecule is Cc1nc(SC(C)c2ccccc2)[nH]c(=O)c1CC(=O)NCC(C)C. The van der Waals surface area contributed by atoms with Crippen molar-refractivity contribution in [1.82, 2.24) is 15.3 Å². The monoisotopic (exact) mass is 359 g/mol. The van der Waals surface area contributed by atoms with Gasteiger partial charge in [0.2, 0.25) is 5.91 Å². The molecule has 1 amide bonds. The molecule has 0 aliphatic heterocycles. The Kier molecular flexibility index (Phi) is 6.82. The molecule has 0 fully saturated rings. The van der Waals surface area contributed by atoms with E-state index in [1.54, 1.807) is 6.92 Å². The molecule has 0 aliphatic carbocycles. The van der Waals surface area contributed by atoms with Gasteiger partial charge >= 0.3 is 0 Å². The predicted molar refractivity (Wildman–Crippen MR) is 102 cm³/mol. The summed E-state index contributed by atoms with van der Waals surface area (Å²) in [6.07, 6.45) is 0.0556. The molecule has 1 heterocycles. The minimum Gasteiger partial charge on any atom is -0.356 e. The van der Waals surface area contributed by atoms with Crippen LogP contribution in [0.2, 0.25) is 0 Å². The van der Waals surface area contributed by atoms with Crippen molar-refractivity contribution in [2.45, 2.75) is 44.5 Å². The van der Waals surface area contributed by atoms with Gasteiger partial charge in [-0.3, -0.25) is 9.59 Å². The zero-order chi connectivity index (χ0) is 18.4. The van der Waals surface area contributed by atoms with Gasteiger partial charge in [0.1, 0.15) is 0 Å². The number of hydrogen-bond donors (Lipinski definition) is 2. The first-order valence-electron chi connectivity index (χ1n) is 8.45. The lowest BCUT2D eigenvalue weighted by Gasteiger charge is -2.12. The number of nitrogens with one attached hydrogen (secondary N) is 2. The van der Waals surface area contributed by atoms with Crippen LogP contribution in [-0.4, -0.2) is 22.4 Å². The summed E-state index contributed by atoms with van der Waals surface area (Å²) >= 11 is 1.50. The Balaban J connectivity index is 2.09. The summed E-state index contributed by atoms with van der Waals surface area (Å²) in [6.45, 7) is 8.51. The molecule has 1 atom stereocenters. The molecule has 1 unspecified atom stereocenters. The highest BCUT2D eigenvalue weighted by Crippen LogP contribution is 2.32. The van der Waals surface area contributed by atoms with Crippen molar-refractivity contribution in [2.75, 3.05) is 6.54 Å². The fraction of sp³-hybridized carbons (Fsp3) is 0.421. The third-order valence-electron chi connectivity index (χ3n) is 3.80. The Morgan fingerprint density at radius 1 is 1.24 bits per heavy atom. The van der Waals surface area contributed by atoms with E-state index in [4.69, 9.17) is 0 Å². The molecule has 134 valence electrons. The van der Waals surface area contributed by atoms with Crippen LogP contribution in [0.5, 0.6) is 0 Å². The minimum atomic E-state index is -0.241. The van der Waals surface area contributed by atoms with Gasteiger partial charge in [0.25, 0.3) is 5.56 Å². The summed E-state index contributed by atoms with van der Waals surface area (Å²) < 4.78 is 0. The van der Waals surface area contributed by atoms with Gasteiger partial charge in [-0.15, -0.1) is 0 Å². The van der Waals surface area contributed by atoms with Gasteiger partial charge in [0.05, 0.1) is 6.42 Å². The van der Waals surface area contributed by atoms with Gasteiger partial charge in [-0.25, -0.2) is 4.98 Å². The lowest BCUT2D eigenvalue weighted by Crippen LogP contribution is -2.31. The molecule has 1 aromatic heterocycles. The van der Waals surface area contributed by atoms with E-state index in [0.717, 1.165) is 0 Å². The fourth-order valence-corrected chi connectivity index (χ4v) is 3.32. The number of hydrogen-bond acceptors (Lipinski definition) is 4. The molecule has 5 nitrogen and oxygen atoms in total. The maximum Gasteiger partial charge on any atom is 0.255 e. The quantitative estimate of drug-likeness (QED) is 0.588. The molecule has 2 N–H and O–H groups in total. The maximum atomic E-state index is 12.4. The molecular formula is C19H25N3O2S. The number of aromatic nitrogens is 2. The lowest BCUT2D eigenvalue weighted by molar-refractivity contribution is -0.120. The first kappa shape index (κ1) is 19.2. The molecule has 0 radical (unpaired) electrons. The van der Waals surface area contributed by atoms with E-state index in [-0.39, 0.29) is 23.1 Å². The predicted octanol–water partition coefficient (Wildman–Crippen LogP) is 3.25. The fourth-order valence-electron chi connectivity index (χ4n) is 2.35. The molecular weight excluding hydrogens is 334 g/mol. The Labute approximate surface area is 152 Å². The number of nitrogens with zero attached hydrogens (tertiary/aromatic N) is 1. The molecule has 2 aromatic rings. The smallest absolute Gasteiger partial charge is 0.255 e. The number of aromatic amines is 1. The van der Waals surface area contributed by atoms with Gasteiger partial charge < -0.3 is 10.3 Å². The second-order valence-electron chi connectivity index (χ2n) is 6.48. The summed E-state index contributed by atoms with van der Waals surface area (Å²) in [5.74, 6) is 0.224. The molecule has 6 heteroatoms. The largest absolute Gasteiger partial charge is 0.356 e. The van der Waals surface area contributed by atoms with Crippen LogP contribution in [0.15, 0.2) is 40.3 Å². The number of aryl methyl sites for hydroxylation is 1. The average Bonchev–Trinajstić information content (AvgIpc) is 2.57. The number of carbonyl (C=O) groups excluding carboxylic acids is 1. The van der Waals surface area contributed by atoms with E-state index in [1.807, 2.05) is 32.0 Å². The van der Waals surface area contributed by atoms with E-state index in [2.05, 4.69) is 34.3 Å². The van der Waals surface area contributed by atoms with Gasteiger partial charge in [-0.1, -0.05) is 55.9 Å². The van der Waals surface area contributed by atoms with Crippen molar-refractivity contribution in [3.63, 3.8) is 0 Å². The zero-order valence-corrected chi connectivity index (χ0v) is 15.9. The maximum absolute atomic E-state index is 12.4. The molecule has 1 aromatic carbocycles. The van der Waals surface area contributed by atoms with Crippen LogP contribution in [-0.2, 0) is 11.2 Å². The van der Waals surface area contributed by atoms with Crippen LogP contribution in [0.3, 0.4) is 0 Å². The Morgan fingerprint density at radius 2 is 1.92 bits per heavy atom. The molecule has 0 spiro atoms. The van der Waals surface area contributed by atoms with Crippen molar-refractivity contribution in [1.29, 1.82) is 0 Å². The summed E-state index contributed by atoms with van der Waals surface area (Å²) in [4.78, 5) is 31.6. The third-order valence-corrected chi connectivity index (χ3v) is 4.85. The van der Waals surface area contributed by atoms with Gasteiger partial charge in [-0.05, 0) is 25.3 Å². The van der Waals surface area contributed by atoms with Crippen molar-refractivity contribution < 1.29 is 4.79 Å². The highest BCUT2D eigenvalue weighted by Gasteiger charge is 2.15. The van der Waals surface area contributed by atoms with E-state index in [9.17, 15) is 9.59 Å². The first-order chi connectivity index (χ1) is 11.9. The second kappa shape index (κ2) is 8.85. The first-order valence-corrected chi connectivity index (χ1v) is 9.33. The number of thioether (sulfide) groups is 1. The van der Waals surface area contributed by atoms with E-state index >= 15 is 0 Å². The van der Waals surface area contributed by atoms with Gasteiger partial charge in [-0.2, -0.15) is 0 Å². The standard InChI is InChI=1S/C19H25N3O2S/c1-12(2)11-20-17(23)10-16-13(3)21-19(22-18(16)24)25-14(4)15-8-6-5-7-9-15/h5-9,12,14H,10-11H2,1-4H3,(H,20,23)(H,21,22,24). The zero-order valence-electron chi connectivity index (χ0n) is 15.1. The molecule has 25 heavy (non-hydrogen) atoms. The molecule has 0 aliphatic rings. The number of amides is 1. The van der Waals surface area contributed by atoms with Crippen molar-refractivity contribution >= 4 is 17.7 Å². The van der Waals surface area contributed by atoms with E-state index in [0.29, 0.717) is 28.9 Å². The normalized spacial score (nSPS) is 12.2. The van der Waals surface area contributed by atoms with Crippen molar-refractivity contribution in [3.8, 4) is 0 Å². The van der Waals surface area contributed by atoms with Crippen LogP contribution in [0.4, 0.5) is 0 Å². The minimum absolute atomic E-state index is 0.0556. The number of H-pyrrole nitrogens is 1. The topological polar surface area (TPSA) is 74.8 Å². The molecule has 0 saturated heterocycles. The summed E-state index contributed by atoms with van der Waals surface area (Å²) in [7, 11) is 0. The third kappa shape index (κ3) is 5.74. The molecule has 0 saturated carbocycles. The van der Waals surface area contributed by atoms with Crippen LogP contribution in [0.25, 0.3) is 0 Å². The number of benzene rings is 1. The number of rotatable bonds is 7. The Bertz CT molecular complexity index is 772. The van der Waals surface area contributed by atoms with Crippen molar-refractivity contribution in [3.05, 3.63) is 57.5 Å². The van der Waals surface area contributed by atoms with Gasteiger partial charge in [0, 0.05) is 23.1 Å². The lowest BCUT2D eigenvalue weighted by atomic mass is 10.1. The van der Waals surface area contributed by atoms with E-state index < -0.39 is 0 Å². The van der Waals surface area contributed by atoms with Crippen LogP contribution in [0.1, 0.15) is 42.8 Å². The number of carbonyl (C=O) groups is 1. The highest BCUT2D eigenvalue weighted by atomic mass is 32.2. The van der Waals surface area contributed by atoms with Crippen molar-refractivity contribution in [2.24, 2.45) is 5.92 Å². The summed E-state index contributed by atoms with van der Waals surface area (Å²) in [5.41, 5.74) is 1.96. The van der Waals surface area contributed by atoms with Crippen LogP contribution >= 0.6 is 11.8 Å². The highest BCUT2D eigenvalue weighted by molar-refractivity contribution is 7.99. The van der Waals surface area contributed by atoms with Crippen LogP contribution < -0.4 is 10.9 Å². The molecule has 0 bridgehead atoms. The van der Waals surface area contributed by atoms with E-state index in [1.165, 1.54) is 17.3 Å². The van der Waals surface area contributed by atoms with Crippen LogP contribution in [0, 0.1) is 12.8 Å². The summed E-state index contributed by atoms with van der Waals surface area (Å²) in [5, 5.41) is 3.57. The average molecular weight is 359 g/mol. The Morgan fingerprint density at radius 3 is 2.52 bits per heavy atom. The summed E-state index contributed by atoms with van der Waals surface area (Å²) in [6, 6.07) is 10.1. The Hall–Kier alpha value is -2.08. The second-order valence-corrected chi connectivity index (χ2v) is 7.81. The van der Waals surface area contributed by atoms with Gasteiger partial charge in [0.15, 0.2) is 5.16 Å².